The average molecular weight is 242 g/mol. The lowest BCUT2D eigenvalue weighted by molar-refractivity contribution is -0.137. The minimum absolute atomic E-state index is 0.0855. The van der Waals surface area contributed by atoms with Gasteiger partial charge in [0.2, 0.25) is 0 Å². The molecule has 0 fully saturated rings. The molecule has 0 radical (unpaired) electrons. The first-order chi connectivity index (χ1) is 7.84. The largest absolute Gasteiger partial charge is 0.416 e. The van der Waals surface area contributed by atoms with Gasteiger partial charge in [0.15, 0.2) is 0 Å². The fraction of sp³-hybridized carbons (Fsp3) is 0.417. The number of hydrogen-bond donors (Lipinski definition) is 1. The number of rotatable bonds is 3. The zero-order valence-electron chi connectivity index (χ0n) is 9.55. The molecule has 0 saturated carbocycles. The molecule has 1 aromatic carbocycles. The predicted molar refractivity (Wildman–Crippen MR) is 59.3 cm³/mol. The Balaban J connectivity index is 2.79. The first-order valence-electron chi connectivity index (χ1n) is 5.18. The standard InChI is InChI=1S/C12H13F3N2/c1-8(2)11(7-16)17-10-5-3-9(4-6-10)12(13,14)15/h3-6,8,11,17H,1-2H3. The summed E-state index contributed by atoms with van der Waals surface area (Å²) < 4.78 is 36.9. The maximum absolute atomic E-state index is 12.3. The summed E-state index contributed by atoms with van der Waals surface area (Å²) in [5, 5.41) is 11.7. The molecule has 0 spiro atoms. The van der Waals surface area contributed by atoms with Crippen LogP contribution in [0.2, 0.25) is 0 Å². The molecule has 1 aromatic rings. The van der Waals surface area contributed by atoms with Gasteiger partial charge < -0.3 is 5.32 Å². The van der Waals surface area contributed by atoms with Crippen molar-refractivity contribution in [2.24, 2.45) is 5.92 Å². The molecular weight excluding hydrogens is 229 g/mol. The van der Waals surface area contributed by atoms with Gasteiger partial charge in [0, 0.05) is 5.69 Å². The Kier molecular flexibility index (Phi) is 4.00. The van der Waals surface area contributed by atoms with Gasteiger partial charge in [-0.1, -0.05) is 13.8 Å². The highest BCUT2D eigenvalue weighted by Gasteiger charge is 2.30. The molecule has 0 aliphatic rings. The van der Waals surface area contributed by atoms with E-state index in [4.69, 9.17) is 5.26 Å². The first-order valence-corrected chi connectivity index (χ1v) is 5.18. The molecule has 2 nitrogen and oxygen atoms in total. The number of benzene rings is 1. The van der Waals surface area contributed by atoms with E-state index in [9.17, 15) is 13.2 Å². The number of hydrogen-bond acceptors (Lipinski definition) is 2. The van der Waals surface area contributed by atoms with Gasteiger partial charge in [-0.2, -0.15) is 18.4 Å². The van der Waals surface area contributed by atoms with E-state index in [0.29, 0.717) is 5.69 Å². The SMILES string of the molecule is CC(C)C(C#N)Nc1ccc(C(F)(F)F)cc1. The second-order valence-electron chi connectivity index (χ2n) is 4.07. The number of anilines is 1. The normalized spacial score (nSPS) is 13.2. The molecular formula is C12H13F3N2. The molecule has 0 aromatic heterocycles. The smallest absolute Gasteiger partial charge is 0.370 e. The molecule has 0 amide bonds. The van der Waals surface area contributed by atoms with Crippen molar-refractivity contribution in [2.45, 2.75) is 26.1 Å². The molecule has 17 heavy (non-hydrogen) atoms. The van der Waals surface area contributed by atoms with Crippen LogP contribution in [0.4, 0.5) is 18.9 Å². The van der Waals surface area contributed by atoms with E-state index in [1.54, 1.807) is 0 Å². The molecule has 1 rings (SSSR count). The van der Waals surface area contributed by atoms with Crippen molar-refractivity contribution in [1.82, 2.24) is 0 Å². The molecule has 92 valence electrons. The quantitative estimate of drug-likeness (QED) is 0.877. The third-order valence-electron chi connectivity index (χ3n) is 2.34. The lowest BCUT2D eigenvalue weighted by atomic mass is 10.1. The van der Waals surface area contributed by atoms with E-state index in [1.807, 2.05) is 13.8 Å². The molecule has 1 atom stereocenters. The van der Waals surface area contributed by atoms with Crippen LogP contribution in [0.25, 0.3) is 0 Å². The van der Waals surface area contributed by atoms with Crippen LogP contribution in [-0.4, -0.2) is 6.04 Å². The van der Waals surface area contributed by atoms with Crippen LogP contribution in [0.3, 0.4) is 0 Å². The van der Waals surface area contributed by atoms with E-state index >= 15 is 0 Å². The molecule has 0 saturated heterocycles. The summed E-state index contributed by atoms with van der Waals surface area (Å²) in [6.07, 6.45) is -4.33. The Morgan fingerprint density at radius 2 is 1.71 bits per heavy atom. The van der Waals surface area contributed by atoms with Crippen LogP contribution in [0.1, 0.15) is 19.4 Å². The van der Waals surface area contributed by atoms with Gasteiger partial charge in [-0.15, -0.1) is 0 Å². The third kappa shape index (κ3) is 3.66. The number of nitriles is 1. The van der Waals surface area contributed by atoms with Crippen LogP contribution in [0.5, 0.6) is 0 Å². The molecule has 1 N–H and O–H groups in total. The number of nitrogens with zero attached hydrogens (tertiary/aromatic N) is 1. The maximum Gasteiger partial charge on any atom is 0.416 e. The van der Waals surface area contributed by atoms with Gasteiger partial charge in [0.05, 0.1) is 11.6 Å². The summed E-state index contributed by atoms with van der Waals surface area (Å²) >= 11 is 0. The second-order valence-corrected chi connectivity index (χ2v) is 4.07. The van der Waals surface area contributed by atoms with Gasteiger partial charge in [-0.25, -0.2) is 0 Å². The lowest BCUT2D eigenvalue weighted by Gasteiger charge is -2.16. The molecule has 0 heterocycles. The van der Waals surface area contributed by atoms with E-state index < -0.39 is 17.8 Å². The van der Waals surface area contributed by atoms with E-state index in [1.165, 1.54) is 12.1 Å². The molecule has 0 bridgehead atoms. The Bertz CT molecular complexity index is 401. The zero-order chi connectivity index (χ0) is 13.1. The van der Waals surface area contributed by atoms with Gasteiger partial charge in [-0.05, 0) is 30.2 Å². The van der Waals surface area contributed by atoms with Gasteiger partial charge in [0.25, 0.3) is 0 Å². The maximum atomic E-state index is 12.3. The summed E-state index contributed by atoms with van der Waals surface area (Å²) in [7, 11) is 0. The Hall–Kier alpha value is -1.70. The minimum Gasteiger partial charge on any atom is -0.370 e. The summed E-state index contributed by atoms with van der Waals surface area (Å²) in [4.78, 5) is 0. The Labute approximate surface area is 98.1 Å². The van der Waals surface area contributed by atoms with E-state index in [-0.39, 0.29) is 5.92 Å². The monoisotopic (exact) mass is 242 g/mol. The lowest BCUT2D eigenvalue weighted by Crippen LogP contribution is -2.23. The minimum atomic E-state index is -4.33. The molecule has 0 aliphatic carbocycles. The number of nitrogens with one attached hydrogen (secondary N) is 1. The molecule has 5 heteroatoms. The van der Waals surface area contributed by atoms with Gasteiger partial charge in [-0.3, -0.25) is 0 Å². The number of alkyl halides is 3. The van der Waals surface area contributed by atoms with Crippen LogP contribution in [0.15, 0.2) is 24.3 Å². The third-order valence-corrected chi connectivity index (χ3v) is 2.34. The van der Waals surface area contributed by atoms with E-state index in [2.05, 4.69) is 11.4 Å². The second kappa shape index (κ2) is 5.09. The van der Waals surface area contributed by atoms with Crippen LogP contribution in [0, 0.1) is 17.2 Å². The van der Waals surface area contributed by atoms with Gasteiger partial charge >= 0.3 is 6.18 Å². The highest BCUT2D eigenvalue weighted by molar-refractivity contribution is 5.47. The van der Waals surface area contributed by atoms with Crippen molar-refractivity contribution < 1.29 is 13.2 Å². The van der Waals surface area contributed by atoms with Crippen LogP contribution in [-0.2, 0) is 6.18 Å². The average Bonchev–Trinajstić information content (AvgIpc) is 2.25. The Morgan fingerprint density at radius 1 is 1.18 bits per heavy atom. The van der Waals surface area contributed by atoms with Crippen LogP contribution < -0.4 is 5.32 Å². The summed E-state index contributed by atoms with van der Waals surface area (Å²) in [6, 6.07) is 6.30. The van der Waals surface area contributed by atoms with Crippen molar-refractivity contribution in [2.75, 3.05) is 5.32 Å². The topological polar surface area (TPSA) is 35.8 Å². The van der Waals surface area contributed by atoms with E-state index in [0.717, 1.165) is 12.1 Å². The molecule has 0 aliphatic heterocycles. The van der Waals surface area contributed by atoms with Crippen molar-refractivity contribution >= 4 is 5.69 Å². The fourth-order valence-electron chi connectivity index (χ4n) is 1.28. The summed E-state index contributed by atoms with van der Waals surface area (Å²) in [5.74, 6) is 0.0855. The highest BCUT2D eigenvalue weighted by Crippen LogP contribution is 2.30. The van der Waals surface area contributed by atoms with Crippen molar-refractivity contribution in [3.05, 3.63) is 29.8 Å². The zero-order valence-corrected chi connectivity index (χ0v) is 9.55. The van der Waals surface area contributed by atoms with Crippen molar-refractivity contribution in [1.29, 1.82) is 5.26 Å². The Morgan fingerprint density at radius 3 is 2.06 bits per heavy atom. The first kappa shape index (κ1) is 13.4. The van der Waals surface area contributed by atoms with Crippen molar-refractivity contribution in [3.63, 3.8) is 0 Å². The predicted octanol–water partition coefficient (Wildman–Crippen LogP) is 3.67. The fourth-order valence-corrected chi connectivity index (χ4v) is 1.28. The highest BCUT2D eigenvalue weighted by atomic mass is 19.4. The number of halogens is 3. The summed E-state index contributed by atoms with van der Waals surface area (Å²) in [6.45, 7) is 3.73. The van der Waals surface area contributed by atoms with Gasteiger partial charge in [0.1, 0.15) is 6.04 Å². The van der Waals surface area contributed by atoms with Crippen LogP contribution >= 0.6 is 0 Å². The van der Waals surface area contributed by atoms with Crippen molar-refractivity contribution in [3.8, 4) is 6.07 Å². The summed E-state index contributed by atoms with van der Waals surface area (Å²) in [5.41, 5.74) is -0.181. The molecule has 1 unspecified atom stereocenters.